The van der Waals surface area contributed by atoms with Crippen molar-refractivity contribution in [2.45, 2.75) is 13.8 Å². The highest BCUT2D eigenvalue weighted by Gasteiger charge is 2.38. The van der Waals surface area contributed by atoms with Gasteiger partial charge in [0.2, 0.25) is 0 Å². The van der Waals surface area contributed by atoms with E-state index in [1.807, 2.05) is 13.8 Å². The fourth-order valence-electron chi connectivity index (χ4n) is 2.27. The number of fused-ring (bicyclic) bond motifs is 1. The molecule has 0 saturated carbocycles. The summed E-state index contributed by atoms with van der Waals surface area (Å²) < 4.78 is 0. The third-order valence-corrected chi connectivity index (χ3v) is 4.65. The molecule has 0 aromatic heterocycles. The number of hydrogen-bond acceptors (Lipinski definition) is 4. The summed E-state index contributed by atoms with van der Waals surface area (Å²) in [5.41, 5.74) is 0.820. The third kappa shape index (κ3) is 3.04. The van der Waals surface area contributed by atoms with E-state index in [9.17, 15) is 9.59 Å². The maximum absolute atomic E-state index is 12.3. The number of carbonyl (C=O) groups is 2. The largest absolute Gasteiger partial charge is 0.396 e. The van der Waals surface area contributed by atoms with Crippen molar-refractivity contribution >= 4 is 23.6 Å². The van der Waals surface area contributed by atoms with E-state index in [0.29, 0.717) is 23.4 Å². The molecule has 1 heterocycles. The predicted molar refractivity (Wildman–Crippen MR) is 80.0 cm³/mol. The molecule has 1 aromatic rings. The van der Waals surface area contributed by atoms with Gasteiger partial charge in [-0.25, -0.2) is 0 Å². The number of amides is 2. The second-order valence-corrected chi connectivity index (χ2v) is 6.79. The molecule has 0 saturated heterocycles. The zero-order valence-corrected chi connectivity index (χ0v) is 12.6. The molecule has 108 valence electrons. The number of carbonyl (C=O) groups excluding carboxylic acids is 2. The van der Waals surface area contributed by atoms with Crippen LogP contribution >= 0.6 is 11.8 Å². The van der Waals surface area contributed by atoms with Crippen molar-refractivity contribution in [3.05, 3.63) is 35.4 Å². The molecule has 1 aromatic carbocycles. The summed E-state index contributed by atoms with van der Waals surface area (Å²) in [4.78, 5) is 25.9. The van der Waals surface area contributed by atoms with Crippen LogP contribution in [0.3, 0.4) is 0 Å². The lowest BCUT2D eigenvalue weighted by atomic mass is 9.95. The summed E-state index contributed by atoms with van der Waals surface area (Å²) in [6.45, 7) is 4.60. The van der Waals surface area contributed by atoms with Crippen LogP contribution in [0.25, 0.3) is 0 Å². The molecule has 0 fully saturated rings. The summed E-state index contributed by atoms with van der Waals surface area (Å²) in [5.74, 6) is 1.06. The molecule has 0 atom stereocenters. The number of thioether (sulfide) groups is 1. The standard InChI is InChI=1S/C15H19NO3S/c1-15(2,10-20-8-7-17)9-16-13(18)11-5-3-4-6-12(11)14(16)19/h3-6,17H,7-10H2,1-2H3. The van der Waals surface area contributed by atoms with Crippen LogP contribution < -0.4 is 0 Å². The van der Waals surface area contributed by atoms with Gasteiger partial charge in [0.1, 0.15) is 0 Å². The molecule has 2 amide bonds. The zero-order chi connectivity index (χ0) is 14.8. The summed E-state index contributed by atoms with van der Waals surface area (Å²) in [7, 11) is 0. The van der Waals surface area contributed by atoms with E-state index in [0.717, 1.165) is 5.75 Å². The predicted octanol–water partition coefficient (Wildman–Crippen LogP) is 2.03. The van der Waals surface area contributed by atoms with Gasteiger partial charge in [0.05, 0.1) is 17.7 Å². The average Bonchev–Trinajstić information content (AvgIpc) is 2.65. The van der Waals surface area contributed by atoms with E-state index in [4.69, 9.17) is 5.11 Å². The van der Waals surface area contributed by atoms with Crippen molar-refractivity contribution in [1.82, 2.24) is 4.90 Å². The van der Waals surface area contributed by atoms with Crippen LogP contribution in [0.5, 0.6) is 0 Å². The molecule has 5 heteroatoms. The first-order valence-electron chi connectivity index (χ1n) is 6.60. The fraction of sp³-hybridized carbons (Fsp3) is 0.467. The molecule has 20 heavy (non-hydrogen) atoms. The number of rotatable bonds is 6. The summed E-state index contributed by atoms with van der Waals surface area (Å²) in [5, 5.41) is 8.81. The van der Waals surface area contributed by atoms with Crippen molar-refractivity contribution in [1.29, 1.82) is 0 Å². The van der Waals surface area contributed by atoms with Crippen LogP contribution in [-0.2, 0) is 0 Å². The first-order valence-corrected chi connectivity index (χ1v) is 7.75. The highest BCUT2D eigenvalue weighted by Crippen LogP contribution is 2.29. The van der Waals surface area contributed by atoms with Gasteiger partial charge >= 0.3 is 0 Å². The summed E-state index contributed by atoms with van der Waals surface area (Å²) in [6, 6.07) is 6.94. The molecule has 4 nitrogen and oxygen atoms in total. The SMILES string of the molecule is CC(C)(CSCCO)CN1C(=O)c2ccccc2C1=O. The number of hydrogen-bond donors (Lipinski definition) is 1. The topological polar surface area (TPSA) is 57.6 Å². The van der Waals surface area contributed by atoms with Crippen LogP contribution in [0.4, 0.5) is 0 Å². The highest BCUT2D eigenvalue weighted by atomic mass is 32.2. The number of aliphatic hydroxyl groups is 1. The monoisotopic (exact) mass is 293 g/mol. The summed E-state index contributed by atoms with van der Waals surface area (Å²) in [6.07, 6.45) is 0. The minimum Gasteiger partial charge on any atom is -0.396 e. The van der Waals surface area contributed by atoms with E-state index in [2.05, 4.69) is 0 Å². The first-order chi connectivity index (χ1) is 9.46. The van der Waals surface area contributed by atoms with E-state index >= 15 is 0 Å². The lowest BCUT2D eigenvalue weighted by Crippen LogP contribution is -2.39. The summed E-state index contributed by atoms with van der Waals surface area (Å²) >= 11 is 1.63. The Kier molecular flexibility index (Phi) is 4.50. The van der Waals surface area contributed by atoms with Crippen molar-refractivity contribution in [2.24, 2.45) is 5.41 Å². The Morgan fingerprint density at radius 2 is 1.70 bits per heavy atom. The molecular weight excluding hydrogens is 274 g/mol. The molecule has 1 aliphatic rings. The van der Waals surface area contributed by atoms with Gasteiger partial charge < -0.3 is 5.11 Å². The van der Waals surface area contributed by atoms with Crippen LogP contribution in [0.2, 0.25) is 0 Å². The molecule has 1 aliphatic heterocycles. The van der Waals surface area contributed by atoms with Gasteiger partial charge in [0.25, 0.3) is 11.8 Å². The van der Waals surface area contributed by atoms with E-state index in [1.165, 1.54) is 4.90 Å². The Morgan fingerprint density at radius 3 is 2.20 bits per heavy atom. The Morgan fingerprint density at radius 1 is 1.15 bits per heavy atom. The Bertz CT molecular complexity index is 493. The van der Waals surface area contributed by atoms with Crippen LogP contribution in [-0.4, -0.2) is 46.5 Å². The molecule has 0 unspecified atom stereocenters. The minimum absolute atomic E-state index is 0.147. The maximum Gasteiger partial charge on any atom is 0.261 e. The van der Waals surface area contributed by atoms with Gasteiger partial charge in [0, 0.05) is 18.1 Å². The lowest BCUT2D eigenvalue weighted by Gasteiger charge is -2.28. The quantitative estimate of drug-likeness (QED) is 0.644. The van der Waals surface area contributed by atoms with E-state index in [-0.39, 0.29) is 23.8 Å². The molecule has 0 spiro atoms. The second kappa shape index (κ2) is 5.97. The number of benzene rings is 1. The van der Waals surface area contributed by atoms with E-state index in [1.54, 1.807) is 36.0 Å². The average molecular weight is 293 g/mol. The van der Waals surface area contributed by atoms with Gasteiger partial charge in [-0.15, -0.1) is 0 Å². The van der Waals surface area contributed by atoms with Gasteiger partial charge in [0.15, 0.2) is 0 Å². The fourth-order valence-corrected chi connectivity index (χ4v) is 3.19. The van der Waals surface area contributed by atoms with Gasteiger partial charge in [-0.2, -0.15) is 11.8 Å². The van der Waals surface area contributed by atoms with Crippen molar-refractivity contribution in [3.63, 3.8) is 0 Å². The van der Waals surface area contributed by atoms with Crippen molar-refractivity contribution in [3.8, 4) is 0 Å². The number of nitrogens with zero attached hydrogens (tertiary/aromatic N) is 1. The third-order valence-electron chi connectivity index (χ3n) is 3.19. The Balaban J connectivity index is 2.08. The van der Waals surface area contributed by atoms with Crippen molar-refractivity contribution < 1.29 is 14.7 Å². The van der Waals surface area contributed by atoms with Gasteiger partial charge in [-0.1, -0.05) is 26.0 Å². The molecule has 0 aliphatic carbocycles. The Hall–Kier alpha value is -1.33. The Labute approximate surface area is 123 Å². The molecule has 0 radical (unpaired) electrons. The molecular formula is C15H19NO3S. The normalized spacial score (nSPS) is 14.8. The van der Waals surface area contributed by atoms with Crippen LogP contribution in [0, 0.1) is 5.41 Å². The van der Waals surface area contributed by atoms with E-state index < -0.39 is 0 Å². The van der Waals surface area contributed by atoms with Crippen LogP contribution in [0.1, 0.15) is 34.6 Å². The van der Waals surface area contributed by atoms with Gasteiger partial charge in [-0.3, -0.25) is 14.5 Å². The lowest BCUT2D eigenvalue weighted by molar-refractivity contribution is 0.0602. The van der Waals surface area contributed by atoms with Gasteiger partial charge in [-0.05, 0) is 17.5 Å². The molecule has 1 N–H and O–H groups in total. The van der Waals surface area contributed by atoms with Crippen LogP contribution in [0.15, 0.2) is 24.3 Å². The minimum atomic E-state index is -0.203. The zero-order valence-electron chi connectivity index (χ0n) is 11.8. The molecule has 0 bridgehead atoms. The second-order valence-electron chi connectivity index (χ2n) is 5.68. The smallest absolute Gasteiger partial charge is 0.261 e. The van der Waals surface area contributed by atoms with Crippen molar-refractivity contribution in [2.75, 3.05) is 24.7 Å². The maximum atomic E-state index is 12.3. The number of aliphatic hydroxyl groups excluding tert-OH is 1. The molecule has 2 rings (SSSR count). The first kappa shape index (κ1) is 15.1. The number of imide groups is 1. The highest BCUT2D eigenvalue weighted by molar-refractivity contribution is 7.99.